The molecule has 0 radical (unpaired) electrons. The van der Waals surface area contributed by atoms with Crippen molar-refractivity contribution < 1.29 is 18.7 Å². The van der Waals surface area contributed by atoms with Crippen LogP contribution in [-0.2, 0) is 11.3 Å². The molecule has 1 aliphatic heterocycles. The van der Waals surface area contributed by atoms with E-state index in [1.807, 2.05) is 42.5 Å². The molecule has 3 aromatic rings. The Bertz CT molecular complexity index is 1050. The molecule has 0 saturated heterocycles. The summed E-state index contributed by atoms with van der Waals surface area (Å²) in [7, 11) is 0. The molecule has 2 aromatic carbocycles. The summed E-state index contributed by atoms with van der Waals surface area (Å²) < 4.78 is 18.3. The van der Waals surface area contributed by atoms with Crippen molar-refractivity contribution in [1.29, 1.82) is 0 Å². The molecule has 1 fully saturated rings. The van der Waals surface area contributed by atoms with E-state index in [4.69, 9.17) is 13.9 Å². The van der Waals surface area contributed by atoms with Crippen molar-refractivity contribution in [2.45, 2.75) is 31.5 Å². The zero-order valence-electron chi connectivity index (χ0n) is 15.5. The van der Waals surface area contributed by atoms with Crippen molar-refractivity contribution >= 4 is 21.8 Å². The van der Waals surface area contributed by atoms with Gasteiger partial charge in [0.15, 0.2) is 11.5 Å². The fourth-order valence-electron chi connectivity index (χ4n) is 3.31. The monoisotopic (exact) mass is 455 g/mol. The van der Waals surface area contributed by atoms with Crippen LogP contribution in [0.15, 0.2) is 57.4 Å². The largest absolute Gasteiger partial charge is 0.485 e. The van der Waals surface area contributed by atoms with Crippen molar-refractivity contribution in [3.8, 4) is 23.0 Å². The minimum atomic E-state index is -0.684. The molecule has 7 nitrogen and oxygen atoms in total. The van der Waals surface area contributed by atoms with Gasteiger partial charge in [0, 0.05) is 10.5 Å². The Balaban J connectivity index is 1.33. The summed E-state index contributed by atoms with van der Waals surface area (Å²) in [5.74, 6) is 1.93. The fourth-order valence-corrected chi connectivity index (χ4v) is 3.76. The van der Waals surface area contributed by atoms with Crippen LogP contribution < -0.4 is 9.47 Å². The normalized spacial score (nSPS) is 17.8. The number of aromatic nitrogens is 2. The molecule has 5 rings (SSSR count). The third kappa shape index (κ3) is 3.72. The number of amides is 1. The number of carbonyl (C=O) groups is 1. The molecule has 1 amide bonds. The molecular formula is C21H18BrN3O4. The van der Waals surface area contributed by atoms with Gasteiger partial charge in [0.25, 0.3) is 5.91 Å². The highest BCUT2D eigenvalue weighted by Crippen LogP contribution is 2.34. The maximum atomic E-state index is 13.1. The molecule has 0 bridgehead atoms. The summed E-state index contributed by atoms with van der Waals surface area (Å²) in [4.78, 5) is 14.9. The Morgan fingerprint density at radius 2 is 1.83 bits per heavy atom. The van der Waals surface area contributed by atoms with E-state index < -0.39 is 6.10 Å². The van der Waals surface area contributed by atoms with E-state index in [9.17, 15) is 4.79 Å². The van der Waals surface area contributed by atoms with Gasteiger partial charge in [-0.1, -0.05) is 24.3 Å². The van der Waals surface area contributed by atoms with Crippen LogP contribution in [0.3, 0.4) is 0 Å². The molecule has 0 spiro atoms. The predicted octanol–water partition coefficient (Wildman–Crippen LogP) is 3.83. The second-order valence-corrected chi connectivity index (χ2v) is 7.90. The molecule has 0 N–H and O–H groups in total. The summed E-state index contributed by atoms with van der Waals surface area (Å²) >= 11 is 3.49. The van der Waals surface area contributed by atoms with E-state index in [2.05, 4.69) is 26.1 Å². The Morgan fingerprint density at radius 1 is 1.07 bits per heavy atom. The van der Waals surface area contributed by atoms with Crippen LogP contribution in [0, 0.1) is 0 Å². The van der Waals surface area contributed by atoms with E-state index in [0.29, 0.717) is 23.3 Å². The van der Waals surface area contributed by atoms with E-state index >= 15 is 0 Å². The standard InChI is InChI=1S/C21H18BrN3O4/c22-15-6-2-1-5-14(15)20-24-23-19(29-20)11-25(13-9-10-13)21(26)18-12-27-16-7-3-4-8-17(16)28-18/h1-8,13,18H,9-12H2/t18-/m0/s1. The lowest BCUT2D eigenvalue weighted by molar-refractivity contribution is -0.142. The number of rotatable bonds is 5. The van der Waals surface area contributed by atoms with Crippen molar-refractivity contribution in [3.63, 3.8) is 0 Å². The van der Waals surface area contributed by atoms with E-state index in [1.54, 1.807) is 11.0 Å². The van der Waals surface area contributed by atoms with Gasteiger partial charge in [0.2, 0.25) is 17.9 Å². The van der Waals surface area contributed by atoms with Crippen LogP contribution >= 0.6 is 15.9 Å². The first-order valence-corrected chi connectivity index (χ1v) is 10.2. The SMILES string of the molecule is O=C([C@@H]1COc2ccccc2O1)N(Cc1nnc(-c2ccccc2Br)o1)C1CC1. The number of benzene rings is 2. The van der Waals surface area contributed by atoms with Gasteiger partial charge in [0.05, 0.1) is 12.1 Å². The average molecular weight is 456 g/mol. The lowest BCUT2D eigenvalue weighted by Gasteiger charge is -2.30. The molecule has 8 heteroatoms. The fraction of sp³-hybridized carbons (Fsp3) is 0.286. The van der Waals surface area contributed by atoms with E-state index in [1.165, 1.54) is 0 Å². The minimum absolute atomic E-state index is 0.123. The second-order valence-electron chi connectivity index (χ2n) is 7.04. The van der Waals surface area contributed by atoms with Gasteiger partial charge < -0.3 is 18.8 Å². The summed E-state index contributed by atoms with van der Waals surface area (Å²) in [5.41, 5.74) is 0.816. The average Bonchev–Trinajstić information content (AvgIpc) is 3.49. The Morgan fingerprint density at radius 3 is 2.62 bits per heavy atom. The molecule has 1 aromatic heterocycles. The second kappa shape index (κ2) is 7.51. The van der Waals surface area contributed by atoms with Crippen molar-refractivity contribution in [2.75, 3.05) is 6.61 Å². The van der Waals surface area contributed by atoms with Gasteiger partial charge in [-0.15, -0.1) is 10.2 Å². The Hall–Kier alpha value is -2.87. The van der Waals surface area contributed by atoms with Gasteiger partial charge in [-0.2, -0.15) is 0 Å². The maximum Gasteiger partial charge on any atom is 0.267 e. The van der Waals surface area contributed by atoms with Gasteiger partial charge >= 0.3 is 0 Å². The van der Waals surface area contributed by atoms with Crippen LogP contribution in [-0.4, -0.2) is 39.8 Å². The molecular weight excluding hydrogens is 438 g/mol. The van der Waals surface area contributed by atoms with Crippen molar-refractivity contribution in [2.24, 2.45) is 0 Å². The molecule has 0 unspecified atom stereocenters. The molecule has 29 heavy (non-hydrogen) atoms. The molecule has 1 saturated carbocycles. The van der Waals surface area contributed by atoms with Crippen LogP contribution in [0.5, 0.6) is 11.5 Å². The van der Waals surface area contributed by atoms with Crippen molar-refractivity contribution in [1.82, 2.24) is 15.1 Å². The van der Waals surface area contributed by atoms with E-state index in [0.717, 1.165) is 22.9 Å². The first-order chi connectivity index (χ1) is 14.2. The number of halogens is 1. The van der Waals surface area contributed by atoms with Gasteiger partial charge in [-0.3, -0.25) is 4.79 Å². The Kier molecular flexibility index (Phi) is 4.71. The van der Waals surface area contributed by atoms with Crippen LogP contribution in [0.25, 0.3) is 11.5 Å². The molecule has 1 atom stereocenters. The predicted molar refractivity (Wildman–Crippen MR) is 107 cm³/mol. The molecule has 148 valence electrons. The zero-order chi connectivity index (χ0) is 19.8. The third-order valence-electron chi connectivity index (χ3n) is 4.93. The van der Waals surface area contributed by atoms with Gasteiger partial charge in [-0.05, 0) is 53.0 Å². The zero-order valence-corrected chi connectivity index (χ0v) is 17.0. The number of ether oxygens (including phenoxy) is 2. The third-order valence-corrected chi connectivity index (χ3v) is 5.62. The number of fused-ring (bicyclic) bond motifs is 1. The highest BCUT2D eigenvalue weighted by molar-refractivity contribution is 9.10. The lowest BCUT2D eigenvalue weighted by atomic mass is 10.2. The molecule has 1 aliphatic carbocycles. The highest BCUT2D eigenvalue weighted by Gasteiger charge is 2.39. The summed E-state index contributed by atoms with van der Waals surface area (Å²) in [6.45, 7) is 0.438. The quantitative estimate of drug-likeness (QED) is 0.581. The first-order valence-electron chi connectivity index (χ1n) is 9.45. The minimum Gasteiger partial charge on any atom is -0.485 e. The summed E-state index contributed by atoms with van der Waals surface area (Å²) in [6.07, 6.45) is 1.23. The van der Waals surface area contributed by atoms with E-state index in [-0.39, 0.29) is 25.1 Å². The number of carbonyl (C=O) groups excluding carboxylic acids is 1. The number of nitrogens with zero attached hydrogens (tertiary/aromatic N) is 3. The number of hydrogen-bond donors (Lipinski definition) is 0. The van der Waals surface area contributed by atoms with Crippen molar-refractivity contribution in [3.05, 3.63) is 58.9 Å². The smallest absolute Gasteiger partial charge is 0.267 e. The van der Waals surface area contributed by atoms with Gasteiger partial charge in [-0.25, -0.2) is 0 Å². The van der Waals surface area contributed by atoms with Crippen LogP contribution in [0.1, 0.15) is 18.7 Å². The Labute approximate surface area is 175 Å². The van der Waals surface area contributed by atoms with Crippen LogP contribution in [0.4, 0.5) is 0 Å². The number of para-hydroxylation sites is 2. The molecule has 2 aliphatic rings. The lowest BCUT2D eigenvalue weighted by Crippen LogP contribution is -2.47. The topological polar surface area (TPSA) is 77.7 Å². The maximum absolute atomic E-state index is 13.1. The first kappa shape index (κ1) is 18.2. The summed E-state index contributed by atoms with van der Waals surface area (Å²) in [5, 5.41) is 8.28. The number of hydrogen-bond acceptors (Lipinski definition) is 6. The highest BCUT2D eigenvalue weighted by atomic mass is 79.9. The van der Waals surface area contributed by atoms with Gasteiger partial charge in [0.1, 0.15) is 6.61 Å². The molecule has 2 heterocycles. The summed E-state index contributed by atoms with van der Waals surface area (Å²) in [6, 6.07) is 15.2. The van der Waals surface area contributed by atoms with Crippen LogP contribution in [0.2, 0.25) is 0 Å².